The van der Waals surface area contributed by atoms with E-state index in [1.165, 1.54) is 18.5 Å². The number of Topliss-reactive ketones (excluding diaryl/α,β-unsaturated/α-hetero) is 3. The summed E-state index contributed by atoms with van der Waals surface area (Å²) < 4.78 is 5.90. The SMILES string of the molecule is N#Cc1ccc(C2C3=C(CCCC3=O)OC3=C2C(=O)c2cnccc2C3=O)cc1. The smallest absolute Gasteiger partial charge is 0.229 e. The number of allylic oxidation sites excluding steroid dienone is 4. The molecule has 29 heavy (non-hydrogen) atoms. The van der Waals surface area contributed by atoms with Crippen LogP contribution in [0.25, 0.3) is 0 Å². The molecule has 0 bridgehead atoms. The molecule has 0 fully saturated rings. The maximum Gasteiger partial charge on any atom is 0.229 e. The fourth-order valence-corrected chi connectivity index (χ4v) is 4.24. The number of rotatable bonds is 1. The highest BCUT2D eigenvalue weighted by Gasteiger charge is 2.46. The zero-order chi connectivity index (χ0) is 20.1. The van der Waals surface area contributed by atoms with Crippen LogP contribution in [0, 0.1) is 11.3 Å². The number of ether oxygens (including phenoxy) is 1. The van der Waals surface area contributed by atoms with E-state index in [1.54, 1.807) is 24.3 Å². The molecule has 2 heterocycles. The Balaban J connectivity index is 1.75. The number of fused-ring (bicyclic) bond motifs is 1. The zero-order valence-corrected chi connectivity index (χ0v) is 15.3. The number of hydrogen-bond donors (Lipinski definition) is 0. The molecule has 6 heteroatoms. The second kappa shape index (κ2) is 6.35. The van der Waals surface area contributed by atoms with Gasteiger partial charge in [-0.2, -0.15) is 5.26 Å². The summed E-state index contributed by atoms with van der Waals surface area (Å²) in [5.74, 6) is -1.05. The summed E-state index contributed by atoms with van der Waals surface area (Å²) in [5, 5.41) is 9.09. The van der Waals surface area contributed by atoms with Crippen molar-refractivity contribution in [2.75, 3.05) is 0 Å². The van der Waals surface area contributed by atoms with E-state index >= 15 is 0 Å². The number of pyridine rings is 1. The van der Waals surface area contributed by atoms with Crippen molar-refractivity contribution in [3.63, 3.8) is 0 Å². The minimum atomic E-state index is -0.695. The quantitative estimate of drug-likeness (QED) is 0.750. The minimum absolute atomic E-state index is 0.00323. The highest BCUT2D eigenvalue weighted by molar-refractivity contribution is 6.27. The largest absolute Gasteiger partial charge is 0.457 e. The van der Waals surface area contributed by atoms with Crippen LogP contribution >= 0.6 is 0 Å². The van der Waals surface area contributed by atoms with E-state index in [1.807, 2.05) is 0 Å². The summed E-state index contributed by atoms with van der Waals surface area (Å²) in [6.07, 6.45) is 4.39. The van der Waals surface area contributed by atoms with Gasteiger partial charge in [-0.1, -0.05) is 12.1 Å². The third-order valence-electron chi connectivity index (χ3n) is 5.59. The van der Waals surface area contributed by atoms with Gasteiger partial charge in [0.05, 0.1) is 22.8 Å². The third-order valence-corrected chi connectivity index (χ3v) is 5.59. The highest BCUT2D eigenvalue weighted by atomic mass is 16.5. The van der Waals surface area contributed by atoms with Crippen molar-refractivity contribution in [1.82, 2.24) is 4.98 Å². The Morgan fingerprint density at radius 1 is 0.966 bits per heavy atom. The predicted octanol–water partition coefficient (Wildman–Crippen LogP) is 3.41. The Morgan fingerprint density at radius 2 is 1.76 bits per heavy atom. The Labute approximate surface area is 166 Å². The van der Waals surface area contributed by atoms with Gasteiger partial charge in [0.1, 0.15) is 5.76 Å². The maximum atomic E-state index is 13.4. The van der Waals surface area contributed by atoms with Crippen LogP contribution in [0.3, 0.4) is 0 Å². The molecule has 0 spiro atoms. The van der Waals surface area contributed by atoms with Gasteiger partial charge in [-0.25, -0.2) is 0 Å². The molecule has 3 aliphatic rings. The third kappa shape index (κ3) is 2.48. The minimum Gasteiger partial charge on any atom is -0.457 e. The van der Waals surface area contributed by atoms with Crippen LogP contribution in [0.1, 0.15) is 57.0 Å². The molecule has 1 aliphatic heterocycles. The Bertz CT molecular complexity index is 1210. The van der Waals surface area contributed by atoms with Crippen molar-refractivity contribution >= 4 is 17.3 Å². The summed E-state index contributed by atoms with van der Waals surface area (Å²) in [6.45, 7) is 0. The number of carbonyl (C=O) groups excluding carboxylic acids is 3. The second-order valence-electron chi connectivity index (χ2n) is 7.20. The summed E-state index contributed by atoms with van der Waals surface area (Å²) in [5.41, 5.74) is 2.23. The van der Waals surface area contributed by atoms with Crippen LogP contribution in [-0.4, -0.2) is 22.3 Å². The lowest BCUT2D eigenvalue weighted by atomic mass is 9.72. The molecule has 1 aromatic heterocycles. The zero-order valence-electron chi connectivity index (χ0n) is 15.3. The molecule has 5 rings (SSSR count). The molecular weight excluding hydrogens is 368 g/mol. The van der Waals surface area contributed by atoms with Gasteiger partial charge in [-0.05, 0) is 30.2 Å². The molecule has 0 radical (unpaired) electrons. The molecule has 140 valence electrons. The van der Waals surface area contributed by atoms with Crippen molar-refractivity contribution in [2.45, 2.75) is 25.2 Å². The molecule has 1 atom stereocenters. The van der Waals surface area contributed by atoms with Crippen molar-refractivity contribution in [3.05, 3.63) is 87.6 Å². The molecule has 0 saturated carbocycles. The predicted molar refractivity (Wildman–Crippen MR) is 101 cm³/mol. The van der Waals surface area contributed by atoms with Gasteiger partial charge < -0.3 is 4.74 Å². The standard InChI is InChI=1S/C23H14N2O4/c24-10-12-4-6-13(7-5-12)18-19-16(26)2-1-3-17(19)29-23-20(18)21(27)15-11-25-9-8-14(15)22(23)28/h4-9,11,18H,1-3H2. The summed E-state index contributed by atoms with van der Waals surface area (Å²) >= 11 is 0. The monoisotopic (exact) mass is 382 g/mol. The van der Waals surface area contributed by atoms with E-state index < -0.39 is 5.92 Å². The van der Waals surface area contributed by atoms with Gasteiger partial charge >= 0.3 is 0 Å². The van der Waals surface area contributed by atoms with Crippen molar-refractivity contribution in [3.8, 4) is 6.07 Å². The number of nitriles is 1. The molecule has 1 unspecified atom stereocenters. The molecule has 0 N–H and O–H groups in total. The number of benzene rings is 1. The van der Waals surface area contributed by atoms with Gasteiger partial charge in [-0.3, -0.25) is 19.4 Å². The Hall–Kier alpha value is -3.85. The van der Waals surface area contributed by atoms with Crippen LogP contribution in [0.5, 0.6) is 0 Å². The lowest BCUT2D eigenvalue weighted by Gasteiger charge is -2.35. The molecule has 1 aromatic carbocycles. The number of hydrogen-bond acceptors (Lipinski definition) is 6. The van der Waals surface area contributed by atoms with Gasteiger partial charge in [0.15, 0.2) is 17.3 Å². The van der Waals surface area contributed by atoms with E-state index in [0.29, 0.717) is 41.7 Å². The molecular formula is C23H14N2O4. The first kappa shape index (κ1) is 17.3. The van der Waals surface area contributed by atoms with Crippen molar-refractivity contribution in [2.24, 2.45) is 0 Å². The second-order valence-corrected chi connectivity index (χ2v) is 7.20. The normalized spacial score (nSPS) is 20.5. The summed E-state index contributed by atoms with van der Waals surface area (Å²) in [6, 6.07) is 10.3. The Morgan fingerprint density at radius 3 is 2.52 bits per heavy atom. The number of nitrogens with zero attached hydrogens (tertiary/aromatic N) is 2. The van der Waals surface area contributed by atoms with E-state index in [9.17, 15) is 14.4 Å². The first-order chi connectivity index (χ1) is 14.1. The molecule has 0 saturated heterocycles. The number of ketones is 3. The lowest BCUT2D eigenvalue weighted by Crippen LogP contribution is -2.34. The number of aromatic nitrogens is 1. The molecule has 2 aliphatic carbocycles. The summed E-state index contributed by atoms with van der Waals surface area (Å²) in [7, 11) is 0. The van der Waals surface area contributed by atoms with Crippen molar-refractivity contribution < 1.29 is 19.1 Å². The van der Waals surface area contributed by atoms with E-state index in [-0.39, 0.29) is 39.8 Å². The van der Waals surface area contributed by atoms with Gasteiger partial charge in [0.25, 0.3) is 0 Å². The van der Waals surface area contributed by atoms with Crippen LogP contribution < -0.4 is 0 Å². The van der Waals surface area contributed by atoms with Crippen molar-refractivity contribution in [1.29, 1.82) is 5.26 Å². The average Bonchev–Trinajstić information content (AvgIpc) is 2.76. The van der Waals surface area contributed by atoms with Crippen LogP contribution in [0.4, 0.5) is 0 Å². The number of carbonyl (C=O) groups is 3. The highest BCUT2D eigenvalue weighted by Crippen LogP contribution is 2.47. The maximum absolute atomic E-state index is 13.4. The van der Waals surface area contributed by atoms with E-state index in [2.05, 4.69) is 11.1 Å². The molecule has 2 aromatic rings. The van der Waals surface area contributed by atoms with Crippen LogP contribution in [-0.2, 0) is 9.53 Å². The lowest BCUT2D eigenvalue weighted by molar-refractivity contribution is -0.116. The fourth-order valence-electron chi connectivity index (χ4n) is 4.24. The molecule has 0 amide bonds. The van der Waals surface area contributed by atoms with E-state index in [4.69, 9.17) is 10.00 Å². The van der Waals surface area contributed by atoms with Crippen LogP contribution in [0.2, 0.25) is 0 Å². The van der Waals surface area contributed by atoms with Gasteiger partial charge in [0.2, 0.25) is 5.78 Å². The Kier molecular flexibility index (Phi) is 3.78. The summed E-state index contributed by atoms with van der Waals surface area (Å²) in [4.78, 5) is 43.3. The average molecular weight is 382 g/mol. The van der Waals surface area contributed by atoms with Gasteiger partial charge in [0, 0.05) is 42.3 Å². The fraction of sp³-hybridized carbons (Fsp3) is 0.174. The van der Waals surface area contributed by atoms with Gasteiger partial charge in [-0.15, -0.1) is 0 Å². The molecule has 6 nitrogen and oxygen atoms in total. The van der Waals surface area contributed by atoms with Crippen LogP contribution in [0.15, 0.2) is 65.4 Å². The first-order valence-corrected chi connectivity index (χ1v) is 9.32. The topological polar surface area (TPSA) is 97.1 Å². The van der Waals surface area contributed by atoms with E-state index in [0.717, 1.165) is 0 Å². The first-order valence-electron chi connectivity index (χ1n) is 9.32.